The zero-order valence-corrected chi connectivity index (χ0v) is 8.24. The summed E-state index contributed by atoms with van der Waals surface area (Å²) in [5, 5.41) is 8.75. The lowest BCUT2D eigenvalue weighted by molar-refractivity contribution is 0.0600. The average molecular weight is 213 g/mol. The third-order valence-electron chi connectivity index (χ3n) is 2.02. The Bertz CT molecular complexity index is 368. The Kier molecular flexibility index (Phi) is 3.76. The van der Waals surface area contributed by atoms with Crippen molar-refractivity contribution in [2.75, 3.05) is 13.7 Å². The minimum atomic E-state index is -0.781. The molecule has 0 aliphatic heterocycles. The normalized spacial score (nSPS) is 12.3. The number of methoxy groups -OCH3 is 1. The molecule has 1 aromatic rings. The number of ether oxygens (including phenoxy) is 1. The second kappa shape index (κ2) is 4.86. The average Bonchev–Trinajstić information content (AvgIpc) is 2.26. The molecule has 5 heteroatoms. The number of esters is 1. The van der Waals surface area contributed by atoms with Crippen molar-refractivity contribution < 1.29 is 19.0 Å². The van der Waals surface area contributed by atoms with Crippen molar-refractivity contribution in [1.29, 1.82) is 0 Å². The van der Waals surface area contributed by atoms with Crippen LogP contribution >= 0.6 is 0 Å². The number of carbonyl (C=O) groups is 1. The molecule has 0 heterocycles. The molecular weight excluding hydrogens is 201 g/mol. The summed E-state index contributed by atoms with van der Waals surface area (Å²) in [4.78, 5) is 11.0. The summed E-state index contributed by atoms with van der Waals surface area (Å²) in [6.07, 6.45) is 0. The molecule has 0 spiro atoms. The molecule has 4 nitrogen and oxygen atoms in total. The lowest BCUT2D eigenvalue weighted by Crippen LogP contribution is -2.16. The Morgan fingerprint density at radius 3 is 2.80 bits per heavy atom. The van der Waals surface area contributed by atoms with Crippen molar-refractivity contribution in [2.45, 2.75) is 6.04 Å². The molecule has 0 amide bonds. The molecule has 82 valence electrons. The quantitative estimate of drug-likeness (QED) is 0.721. The van der Waals surface area contributed by atoms with E-state index in [9.17, 15) is 9.18 Å². The van der Waals surface area contributed by atoms with Crippen LogP contribution in [0.4, 0.5) is 4.39 Å². The topological polar surface area (TPSA) is 72.5 Å². The number of halogens is 1. The maximum Gasteiger partial charge on any atom is 0.337 e. The van der Waals surface area contributed by atoms with Gasteiger partial charge in [0.2, 0.25) is 0 Å². The molecule has 1 atom stereocenters. The number of rotatable bonds is 3. The Morgan fingerprint density at radius 2 is 2.33 bits per heavy atom. The Morgan fingerprint density at radius 1 is 1.67 bits per heavy atom. The summed E-state index contributed by atoms with van der Waals surface area (Å²) in [6, 6.07) is 3.02. The molecule has 3 N–H and O–H groups in total. The van der Waals surface area contributed by atoms with Gasteiger partial charge >= 0.3 is 5.97 Å². The third-order valence-corrected chi connectivity index (χ3v) is 2.02. The SMILES string of the molecule is COC(=O)c1ccc([C@@H](N)CO)c(F)c1. The monoisotopic (exact) mass is 213 g/mol. The molecule has 1 rings (SSSR count). The first-order valence-electron chi connectivity index (χ1n) is 4.34. The molecule has 0 radical (unpaired) electrons. The molecule has 0 aromatic heterocycles. The maximum absolute atomic E-state index is 13.4. The number of aliphatic hydroxyl groups is 1. The van der Waals surface area contributed by atoms with Crippen molar-refractivity contribution in [3.8, 4) is 0 Å². The fourth-order valence-electron chi connectivity index (χ4n) is 1.17. The summed E-state index contributed by atoms with van der Waals surface area (Å²) >= 11 is 0. The van der Waals surface area contributed by atoms with Crippen molar-refractivity contribution in [1.82, 2.24) is 0 Å². The smallest absolute Gasteiger partial charge is 0.337 e. The van der Waals surface area contributed by atoms with Gasteiger partial charge in [-0.2, -0.15) is 0 Å². The zero-order chi connectivity index (χ0) is 11.4. The highest BCUT2D eigenvalue weighted by molar-refractivity contribution is 5.89. The lowest BCUT2D eigenvalue weighted by Gasteiger charge is -2.10. The van der Waals surface area contributed by atoms with Crippen LogP contribution < -0.4 is 5.73 Å². The van der Waals surface area contributed by atoms with Crippen LogP contribution in [0.1, 0.15) is 22.0 Å². The molecule has 0 bridgehead atoms. The van der Waals surface area contributed by atoms with Gasteiger partial charge in [0.25, 0.3) is 0 Å². The lowest BCUT2D eigenvalue weighted by atomic mass is 10.1. The highest BCUT2D eigenvalue weighted by Crippen LogP contribution is 2.16. The van der Waals surface area contributed by atoms with Crippen molar-refractivity contribution in [2.24, 2.45) is 5.73 Å². The van der Waals surface area contributed by atoms with Crippen LogP contribution in [0.5, 0.6) is 0 Å². The van der Waals surface area contributed by atoms with Gasteiger partial charge in [-0.15, -0.1) is 0 Å². The van der Waals surface area contributed by atoms with Crippen LogP contribution in [0.25, 0.3) is 0 Å². The van der Waals surface area contributed by atoms with Crippen LogP contribution in [0.15, 0.2) is 18.2 Å². The summed E-state index contributed by atoms with van der Waals surface area (Å²) in [7, 11) is 1.22. The summed E-state index contributed by atoms with van der Waals surface area (Å²) < 4.78 is 17.8. The van der Waals surface area contributed by atoms with E-state index in [1.54, 1.807) is 0 Å². The number of hydrogen-bond acceptors (Lipinski definition) is 4. The number of aliphatic hydroxyl groups excluding tert-OH is 1. The molecule has 15 heavy (non-hydrogen) atoms. The summed E-state index contributed by atoms with van der Waals surface area (Å²) in [5.74, 6) is -1.24. The van der Waals surface area contributed by atoms with E-state index < -0.39 is 17.8 Å². The molecular formula is C10H12FNO3. The minimum Gasteiger partial charge on any atom is -0.465 e. The molecule has 1 aromatic carbocycles. The van der Waals surface area contributed by atoms with Crippen LogP contribution in [0, 0.1) is 5.82 Å². The molecule has 0 aliphatic rings. The van der Waals surface area contributed by atoms with Gasteiger partial charge in [-0.1, -0.05) is 6.07 Å². The van der Waals surface area contributed by atoms with Gasteiger partial charge in [-0.05, 0) is 12.1 Å². The predicted molar refractivity (Wildman–Crippen MR) is 51.8 cm³/mol. The first-order chi connectivity index (χ1) is 7.10. The maximum atomic E-state index is 13.4. The largest absolute Gasteiger partial charge is 0.465 e. The van der Waals surface area contributed by atoms with Gasteiger partial charge in [0.05, 0.1) is 25.3 Å². The van der Waals surface area contributed by atoms with Gasteiger partial charge in [0.15, 0.2) is 0 Å². The van der Waals surface area contributed by atoms with Crippen LogP contribution in [-0.4, -0.2) is 24.8 Å². The highest BCUT2D eigenvalue weighted by Gasteiger charge is 2.13. The van der Waals surface area contributed by atoms with E-state index in [2.05, 4.69) is 4.74 Å². The fraction of sp³-hybridized carbons (Fsp3) is 0.300. The van der Waals surface area contributed by atoms with Crippen LogP contribution in [0.2, 0.25) is 0 Å². The first-order valence-corrected chi connectivity index (χ1v) is 4.34. The van der Waals surface area contributed by atoms with E-state index in [0.29, 0.717) is 0 Å². The molecule has 0 unspecified atom stereocenters. The molecule has 0 saturated carbocycles. The van der Waals surface area contributed by atoms with E-state index >= 15 is 0 Å². The summed E-state index contributed by atoms with van der Waals surface area (Å²) in [5.41, 5.74) is 5.73. The first kappa shape index (κ1) is 11.6. The van der Waals surface area contributed by atoms with Crippen molar-refractivity contribution in [3.05, 3.63) is 35.1 Å². The fourth-order valence-corrected chi connectivity index (χ4v) is 1.17. The zero-order valence-electron chi connectivity index (χ0n) is 8.24. The highest BCUT2D eigenvalue weighted by atomic mass is 19.1. The van der Waals surface area contributed by atoms with E-state index in [1.807, 2.05) is 0 Å². The molecule has 0 saturated heterocycles. The van der Waals surface area contributed by atoms with Gasteiger partial charge in [-0.3, -0.25) is 0 Å². The van der Waals surface area contributed by atoms with Crippen molar-refractivity contribution >= 4 is 5.97 Å². The Hall–Kier alpha value is -1.46. The standard InChI is InChI=1S/C10H12FNO3/c1-15-10(14)6-2-3-7(8(11)4-6)9(12)5-13/h2-4,9,13H,5,12H2,1H3/t9-/m0/s1. The Balaban J connectivity index is 3.03. The van der Waals surface area contributed by atoms with Gasteiger partial charge < -0.3 is 15.6 Å². The predicted octanol–water partition coefficient (Wildman–Crippen LogP) is 0.604. The number of hydrogen-bond donors (Lipinski definition) is 2. The number of carbonyl (C=O) groups excluding carboxylic acids is 1. The number of nitrogens with two attached hydrogens (primary N) is 1. The van der Waals surface area contributed by atoms with Crippen molar-refractivity contribution in [3.63, 3.8) is 0 Å². The van der Waals surface area contributed by atoms with Crippen LogP contribution in [-0.2, 0) is 4.74 Å². The summed E-state index contributed by atoms with van der Waals surface area (Å²) in [6.45, 7) is -0.353. The second-order valence-electron chi connectivity index (χ2n) is 3.02. The van der Waals surface area contributed by atoms with Gasteiger partial charge in [-0.25, -0.2) is 9.18 Å². The van der Waals surface area contributed by atoms with E-state index in [-0.39, 0.29) is 17.7 Å². The minimum absolute atomic E-state index is 0.115. The Labute approximate surface area is 86.5 Å². The third kappa shape index (κ3) is 2.51. The van der Waals surface area contributed by atoms with Gasteiger partial charge in [0.1, 0.15) is 5.82 Å². The van der Waals surface area contributed by atoms with E-state index in [1.165, 1.54) is 19.2 Å². The van der Waals surface area contributed by atoms with Gasteiger partial charge in [0, 0.05) is 5.56 Å². The molecule has 0 aliphatic carbocycles. The van der Waals surface area contributed by atoms with Crippen LogP contribution in [0.3, 0.4) is 0 Å². The molecule has 0 fully saturated rings. The number of benzene rings is 1. The second-order valence-corrected chi connectivity index (χ2v) is 3.02. The van der Waals surface area contributed by atoms with E-state index in [4.69, 9.17) is 10.8 Å². The van der Waals surface area contributed by atoms with E-state index in [0.717, 1.165) is 6.07 Å².